The molecular weight excluding hydrogens is 203 g/mol. The Hall–Kier alpha value is -1.91. The molecule has 0 atom stereocenters. The highest BCUT2D eigenvalue weighted by atomic mass is 19.1. The highest BCUT2D eigenvalue weighted by Crippen LogP contribution is 2.22. The zero-order valence-corrected chi connectivity index (χ0v) is 8.20. The number of ether oxygens (including phenoxy) is 1. The molecule has 1 rings (SSSR count). The van der Waals surface area contributed by atoms with Gasteiger partial charge in [-0.1, -0.05) is 0 Å². The number of rotatable bonds is 3. The Morgan fingerprint density at radius 1 is 1.40 bits per heavy atom. The monoisotopic (exact) mass is 212 g/mol. The highest BCUT2D eigenvalue weighted by molar-refractivity contribution is 6.39. The number of carbonyl (C=O) groups excluding carboxylic acids is 1. The molecule has 0 radical (unpaired) electrons. The van der Waals surface area contributed by atoms with Gasteiger partial charge in [-0.2, -0.15) is 0 Å². The molecular formula is C10H9FO4. The lowest BCUT2D eigenvalue weighted by Gasteiger charge is -2.06. The lowest BCUT2D eigenvalue weighted by molar-refractivity contribution is -0.131. The molecule has 0 spiro atoms. The number of benzene rings is 1. The highest BCUT2D eigenvalue weighted by Gasteiger charge is 2.20. The van der Waals surface area contributed by atoms with Gasteiger partial charge in [-0.15, -0.1) is 0 Å². The van der Waals surface area contributed by atoms with E-state index in [4.69, 9.17) is 9.84 Å². The summed E-state index contributed by atoms with van der Waals surface area (Å²) in [5.74, 6) is -3.57. The first kappa shape index (κ1) is 11.2. The molecule has 4 nitrogen and oxygen atoms in total. The third-order valence-electron chi connectivity index (χ3n) is 1.92. The van der Waals surface area contributed by atoms with E-state index in [0.29, 0.717) is 5.56 Å². The van der Waals surface area contributed by atoms with Crippen molar-refractivity contribution in [3.8, 4) is 5.75 Å². The summed E-state index contributed by atoms with van der Waals surface area (Å²) in [6.45, 7) is 1.59. The summed E-state index contributed by atoms with van der Waals surface area (Å²) in [5.41, 5.74) is 0.0456. The molecule has 15 heavy (non-hydrogen) atoms. The predicted octanol–water partition coefficient (Wildman–Crippen LogP) is 1.41. The van der Waals surface area contributed by atoms with Crippen LogP contribution in [0.3, 0.4) is 0 Å². The van der Waals surface area contributed by atoms with Crippen LogP contribution in [0, 0.1) is 12.7 Å². The van der Waals surface area contributed by atoms with E-state index in [1.54, 1.807) is 6.92 Å². The number of aliphatic carboxylic acids is 1. The number of methoxy groups -OCH3 is 1. The van der Waals surface area contributed by atoms with E-state index in [1.807, 2.05) is 0 Å². The van der Waals surface area contributed by atoms with Crippen LogP contribution < -0.4 is 4.74 Å². The Balaban J connectivity index is 3.28. The van der Waals surface area contributed by atoms with Crippen LogP contribution in [0.5, 0.6) is 5.75 Å². The second-order valence-electron chi connectivity index (χ2n) is 2.94. The molecule has 5 heteroatoms. The van der Waals surface area contributed by atoms with Crippen molar-refractivity contribution in [1.82, 2.24) is 0 Å². The number of ketones is 1. The Bertz CT molecular complexity index is 426. The smallest absolute Gasteiger partial charge is 0.377 e. The Morgan fingerprint density at radius 3 is 2.47 bits per heavy atom. The lowest BCUT2D eigenvalue weighted by Crippen LogP contribution is -2.14. The standard InChI is InChI=1S/C10H9FO4/c1-5-3-6(9(12)10(13)14)7(11)4-8(5)15-2/h3-4H,1-2H3,(H,13,14). The third-order valence-corrected chi connectivity index (χ3v) is 1.92. The summed E-state index contributed by atoms with van der Waals surface area (Å²) in [6, 6.07) is 2.15. The van der Waals surface area contributed by atoms with Gasteiger partial charge in [-0.05, 0) is 18.6 Å². The number of carboxylic acid groups (broad SMARTS) is 1. The lowest BCUT2D eigenvalue weighted by atomic mass is 10.1. The first-order valence-electron chi connectivity index (χ1n) is 4.09. The van der Waals surface area contributed by atoms with Gasteiger partial charge >= 0.3 is 5.97 Å². The minimum absolute atomic E-state index is 0.273. The van der Waals surface area contributed by atoms with Crippen LogP contribution in [0.1, 0.15) is 15.9 Å². The number of hydrogen-bond acceptors (Lipinski definition) is 3. The molecule has 1 aromatic carbocycles. The van der Waals surface area contributed by atoms with Gasteiger partial charge in [0.05, 0.1) is 12.7 Å². The van der Waals surface area contributed by atoms with Crippen LogP contribution in [-0.4, -0.2) is 24.0 Å². The fourth-order valence-electron chi connectivity index (χ4n) is 1.17. The van der Waals surface area contributed by atoms with E-state index in [0.717, 1.165) is 12.1 Å². The van der Waals surface area contributed by atoms with Gasteiger partial charge in [0.25, 0.3) is 5.78 Å². The minimum atomic E-state index is -1.68. The van der Waals surface area contributed by atoms with Gasteiger partial charge in [0.15, 0.2) is 0 Å². The van der Waals surface area contributed by atoms with Crippen LogP contribution in [0.15, 0.2) is 12.1 Å². The van der Waals surface area contributed by atoms with Crippen LogP contribution in [0.4, 0.5) is 4.39 Å². The number of hydrogen-bond donors (Lipinski definition) is 1. The average molecular weight is 212 g/mol. The molecule has 0 bridgehead atoms. The first-order valence-corrected chi connectivity index (χ1v) is 4.09. The summed E-state index contributed by atoms with van der Waals surface area (Å²) >= 11 is 0. The number of Topliss-reactive ketones (excluding diaryl/α,β-unsaturated/α-hetero) is 1. The predicted molar refractivity (Wildman–Crippen MR) is 49.7 cm³/mol. The van der Waals surface area contributed by atoms with E-state index < -0.39 is 23.1 Å². The van der Waals surface area contributed by atoms with Crippen molar-refractivity contribution in [2.45, 2.75) is 6.92 Å². The molecule has 1 N–H and O–H groups in total. The fraction of sp³-hybridized carbons (Fsp3) is 0.200. The van der Waals surface area contributed by atoms with Crippen molar-refractivity contribution in [2.75, 3.05) is 7.11 Å². The number of halogens is 1. The van der Waals surface area contributed by atoms with E-state index in [9.17, 15) is 14.0 Å². The van der Waals surface area contributed by atoms with Crippen LogP contribution in [0.2, 0.25) is 0 Å². The maximum atomic E-state index is 13.3. The zero-order valence-electron chi connectivity index (χ0n) is 8.20. The second-order valence-corrected chi connectivity index (χ2v) is 2.94. The van der Waals surface area contributed by atoms with Gasteiger partial charge in [0.2, 0.25) is 0 Å². The molecule has 0 saturated heterocycles. The zero-order chi connectivity index (χ0) is 11.6. The SMILES string of the molecule is COc1cc(F)c(C(=O)C(=O)O)cc1C. The fourth-order valence-corrected chi connectivity index (χ4v) is 1.17. The summed E-state index contributed by atoms with van der Waals surface area (Å²) in [7, 11) is 1.36. The van der Waals surface area contributed by atoms with E-state index in [1.165, 1.54) is 7.11 Å². The molecule has 0 aromatic heterocycles. The number of carbonyl (C=O) groups is 2. The van der Waals surface area contributed by atoms with Gasteiger partial charge in [0, 0.05) is 6.07 Å². The largest absolute Gasteiger partial charge is 0.496 e. The van der Waals surface area contributed by atoms with Gasteiger partial charge < -0.3 is 9.84 Å². The minimum Gasteiger partial charge on any atom is -0.496 e. The van der Waals surface area contributed by atoms with Crippen molar-refractivity contribution in [3.05, 3.63) is 29.1 Å². The van der Waals surface area contributed by atoms with Crippen LogP contribution in [0.25, 0.3) is 0 Å². The molecule has 80 valence electrons. The molecule has 0 aliphatic carbocycles. The summed E-state index contributed by atoms with van der Waals surface area (Å²) < 4.78 is 18.1. The normalized spacial score (nSPS) is 9.80. The summed E-state index contributed by atoms with van der Waals surface area (Å²) in [5, 5.41) is 8.43. The summed E-state index contributed by atoms with van der Waals surface area (Å²) in [4.78, 5) is 21.4. The molecule has 0 saturated carbocycles. The summed E-state index contributed by atoms with van der Waals surface area (Å²) in [6.07, 6.45) is 0. The molecule has 0 fully saturated rings. The Kier molecular flexibility index (Phi) is 3.04. The third kappa shape index (κ3) is 2.12. The van der Waals surface area contributed by atoms with Crippen molar-refractivity contribution in [2.24, 2.45) is 0 Å². The Labute approximate surface area is 85.3 Å². The maximum Gasteiger partial charge on any atom is 0.377 e. The van der Waals surface area contributed by atoms with Crippen molar-refractivity contribution >= 4 is 11.8 Å². The van der Waals surface area contributed by atoms with Crippen LogP contribution in [-0.2, 0) is 4.79 Å². The van der Waals surface area contributed by atoms with Gasteiger partial charge in [0.1, 0.15) is 11.6 Å². The van der Waals surface area contributed by atoms with Gasteiger partial charge in [-0.3, -0.25) is 4.79 Å². The van der Waals surface area contributed by atoms with Crippen molar-refractivity contribution in [3.63, 3.8) is 0 Å². The van der Waals surface area contributed by atoms with Crippen molar-refractivity contribution in [1.29, 1.82) is 0 Å². The van der Waals surface area contributed by atoms with Crippen molar-refractivity contribution < 1.29 is 23.8 Å². The maximum absolute atomic E-state index is 13.3. The topological polar surface area (TPSA) is 63.6 Å². The first-order chi connectivity index (χ1) is 6.97. The molecule has 0 aliphatic heterocycles. The average Bonchev–Trinajstić information content (AvgIpc) is 2.19. The van der Waals surface area contributed by atoms with E-state index in [2.05, 4.69) is 0 Å². The molecule has 0 heterocycles. The number of carboxylic acids is 1. The van der Waals surface area contributed by atoms with E-state index in [-0.39, 0.29) is 5.75 Å². The molecule has 0 unspecified atom stereocenters. The van der Waals surface area contributed by atoms with E-state index >= 15 is 0 Å². The number of aryl methyl sites for hydroxylation is 1. The Morgan fingerprint density at radius 2 is 2.00 bits per heavy atom. The molecule has 1 aromatic rings. The van der Waals surface area contributed by atoms with Gasteiger partial charge in [-0.25, -0.2) is 9.18 Å². The molecule has 0 amide bonds. The molecule has 0 aliphatic rings. The second kappa shape index (κ2) is 4.08. The van der Waals surface area contributed by atoms with Crippen LogP contribution >= 0.6 is 0 Å². The quantitative estimate of drug-likeness (QED) is 0.607.